The fourth-order valence-corrected chi connectivity index (χ4v) is 3.76. The Balaban J connectivity index is 1.99. The molecular formula is C21H30F10N4O4. The Morgan fingerprint density at radius 3 is 1.18 bits per heavy atom. The van der Waals surface area contributed by atoms with Gasteiger partial charge >= 0.3 is 29.6 Å². The van der Waals surface area contributed by atoms with Gasteiger partial charge in [-0.2, -0.15) is 43.9 Å². The van der Waals surface area contributed by atoms with Crippen molar-refractivity contribution in [2.45, 2.75) is 42.5 Å². The zero-order valence-electron chi connectivity index (χ0n) is 20.7. The summed E-state index contributed by atoms with van der Waals surface area (Å²) in [6, 6.07) is 0. The summed E-state index contributed by atoms with van der Waals surface area (Å²) in [5.41, 5.74) is 0. The fraction of sp³-hybridized carbons (Fsp3) is 0.905. The molecule has 2 heterocycles. The van der Waals surface area contributed by atoms with Gasteiger partial charge in [-0.3, -0.25) is 19.4 Å². The van der Waals surface area contributed by atoms with Crippen LogP contribution in [0.15, 0.2) is 0 Å². The molecule has 0 atom stereocenters. The van der Waals surface area contributed by atoms with Gasteiger partial charge in [0.15, 0.2) is 0 Å². The third-order valence-corrected chi connectivity index (χ3v) is 6.23. The van der Waals surface area contributed by atoms with Gasteiger partial charge in [-0.1, -0.05) is 0 Å². The molecule has 0 radical (unpaired) electrons. The number of carbonyl (C=O) groups is 2. The molecule has 2 rings (SSSR count). The third-order valence-electron chi connectivity index (χ3n) is 6.23. The second kappa shape index (κ2) is 13.2. The van der Waals surface area contributed by atoms with Gasteiger partial charge in [-0.15, -0.1) is 0 Å². The normalized spacial score (nSPS) is 19.1. The standard InChI is InChI=1S/C21H30F10N4O4/c22-17(23,15(36)32-3-1-5-34-7-11-38-12-8-34)19(26,27)21(30,31)20(28,29)18(24,25)16(37)33-4-2-6-35-9-13-39-14-10-35/h1-14H2,(H,32,36)(H,33,37). The van der Waals surface area contributed by atoms with Gasteiger partial charge in [-0.05, 0) is 25.9 Å². The van der Waals surface area contributed by atoms with E-state index in [1.165, 1.54) is 10.6 Å². The van der Waals surface area contributed by atoms with E-state index < -0.39 is 54.5 Å². The van der Waals surface area contributed by atoms with E-state index in [4.69, 9.17) is 9.47 Å². The van der Waals surface area contributed by atoms with Gasteiger partial charge in [0.25, 0.3) is 11.8 Å². The molecule has 0 aromatic rings. The minimum atomic E-state index is -7.52. The van der Waals surface area contributed by atoms with Crippen LogP contribution in [0.3, 0.4) is 0 Å². The molecular weight excluding hydrogens is 562 g/mol. The van der Waals surface area contributed by atoms with Gasteiger partial charge in [0.05, 0.1) is 26.4 Å². The van der Waals surface area contributed by atoms with Crippen LogP contribution in [0, 0.1) is 0 Å². The summed E-state index contributed by atoms with van der Waals surface area (Å²) in [5, 5.41) is 2.46. The van der Waals surface area contributed by atoms with Gasteiger partial charge < -0.3 is 20.1 Å². The monoisotopic (exact) mass is 592 g/mol. The minimum Gasteiger partial charge on any atom is -0.379 e. The number of alkyl halides is 10. The second-order valence-corrected chi connectivity index (χ2v) is 9.00. The van der Waals surface area contributed by atoms with Crippen LogP contribution in [0.1, 0.15) is 12.8 Å². The average Bonchev–Trinajstić information content (AvgIpc) is 2.89. The Morgan fingerprint density at radius 2 is 0.872 bits per heavy atom. The molecule has 8 nitrogen and oxygen atoms in total. The molecule has 0 aromatic heterocycles. The molecule has 2 aliphatic heterocycles. The number of ether oxygens (including phenoxy) is 2. The highest BCUT2D eigenvalue weighted by Gasteiger charge is 2.88. The molecule has 2 fully saturated rings. The highest BCUT2D eigenvalue weighted by atomic mass is 19.4. The van der Waals surface area contributed by atoms with Crippen molar-refractivity contribution in [2.24, 2.45) is 0 Å². The summed E-state index contributed by atoms with van der Waals surface area (Å²) < 4.78 is 151. The zero-order valence-corrected chi connectivity index (χ0v) is 20.7. The lowest BCUT2D eigenvalue weighted by molar-refractivity contribution is -0.387. The number of carbonyl (C=O) groups excluding carboxylic acids is 2. The highest BCUT2D eigenvalue weighted by molar-refractivity contribution is 5.86. The van der Waals surface area contributed by atoms with Crippen molar-refractivity contribution in [3.8, 4) is 0 Å². The SMILES string of the molecule is O=C(NCCCN1CCOCC1)C(F)(F)C(F)(F)C(F)(F)C(F)(F)C(F)(F)C(=O)NCCCN1CCOCC1. The van der Waals surface area contributed by atoms with Crippen molar-refractivity contribution in [1.29, 1.82) is 0 Å². The summed E-state index contributed by atoms with van der Waals surface area (Å²) in [6.45, 7) is 2.10. The van der Waals surface area contributed by atoms with Crippen molar-refractivity contribution < 1.29 is 63.0 Å². The van der Waals surface area contributed by atoms with Crippen LogP contribution >= 0.6 is 0 Å². The van der Waals surface area contributed by atoms with Crippen molar-refractivity contribution in [1.82, 2.24) is 20.4 Å². The number of amides is 2. The third kappa shape index (κ3) is 7.24. The molecule has 0 spiro atoms. The Kier molecular flexibility index (Phi) is 11.2. The van der Waals surface area contributed by atoms with E-state index >= 15 is 0 Å². The second-order valence-electron chi connectivity index (χ2n) is 9.00. The number of rotatable bonds is 14. The molecule has 228 valence electrons. The van der Waals surface area contributed by atoms with E-state index in [0.717, 1.165) is 0 Å². The summed E-state index contributed by atoms with van der Waals surface area (Å²) in [4.78, 5) is 26.7. The maximum Gasteiger partial charge on any atom is 0.392 e. The lowest BCUT2D eigenvalue weighted by Crippen LogP contribution is -2.71. The first kappa shape index (κ1) is 33.3. The van der Waals surface area contributed by atoms with Crippen molar-refractivity contribution >= 4 is 11.8 Å². The topological polar surface area (TPSA) is 83.1 Å². The molecule has 2 aliphatic rings. The van der Waals surface area contributed by atoms with Gasteiger partial charge in [0.1, 0.15) is 0 Å². The van der Waals surface area contributed by atoms with Gasteiger partial charge in [0.2, 0.25) is 0 Å². The Hall–Kier alpha value is -1.92. The zero-order chi connectivity index (χ0) is 29.5. The number of nitrogens with zero attached hydrogens (tertiary/aromatic N) is 2. The van der Waals surface area contributed by atoms with Crippen LogP contribution in [0.5, 0.6) is 0 Å². The van der Waals surface area contributed by atoms with E-state index in [-0.39, 0.29) is 25.9 Å². The summed E-state index contributed by atoms with van der Waals surface area (Å²) in [6.07, 6.45) is -0.215. The lowest BCUT2D eigenvalue weighted by Gasteiger charge is -2.38. The number of halogens is 10. The largest absolute Gasteiger partial charge is 0.392 e. The fourth-order valence-electron chi connectivity index (χ4n) is 3.76. The van der Waals surface area contributed by atoms with Crippen molar-refractivity contribution in [3.05, 3.63) is 0 Å². The molecule has 39 heavy (non-hydrogen) atoms. The lowest BCUT2D eigenvalue weighted by atomic mass is 9.93. The van der Waals surface area contributed by atoms with Crippen LogP contribution in [-0.2, 0) is 19.1 Å². The van der Waals surface area contributed by atoms with Crippen LogP contribution in [0.4, 0.5) is 43.9 Å². The predicted molar refractivity (Wildman–Crippen MR) is 115 cm³/mol. The molecule has 2 saturated heterocycles. The Bertz CT molecular complexity index is 759. The van der Waals surface area contributed by atoms with E-state index in [9.17, 15) is 53.5 Å². The maximum absolute atomic E-state index is 14.1. The Morgan fingerprint density at radius 1 is 0.564 bits per heavy atom. The average molecular weight is 592 g/mol. The Labute approximate surface area is 217 Å². The van der Waals surface area contributed by atoms with E-state index in [2.05, 4.69) is 0 Å². The smallest absolute Gasteiger partial charge is 0.379 e. The number of nitrogens with one attached hydrogen (secondary N) is 2. The van der Waals surface area contributed by atoms with E-state index in [1.54, 1.807) is 9.80 Å². The summed E-state index contributed by atoms with van der Waals surface area (Å²) in [5.74, 6) is -41.4. The van der Waals surface area contributed by atoms with E-state index in [1.807, 2.05) is 0 Å². The van der Waals surface area contributed by atoms with Crippen LogP contribution in [-0.4, -0.2) is 130 Å². The molecule has 2 amide bonds. The maximum atomic E-state index is 14.1. The first-order chi connectivity index (χ1) is 18.0. The highest BCUT2D eigenvalue weighted by Crippen LogP contribution is 2.57. The van der Waals surface area contributed by atoms with Crippen LogP contribution in [0.2, 0.25) is 0 Å². The molecule has 0 saturated carbocycles. The first-order valence-electron chi connectivity index (χ1n) is 12.1. The number of hydrogen-bond acceptors (Lipinski definition) is 6. The first-order valence-corrected chi connectivity index (χ1v) is 12.1. The predicted octanol–water partition coefficient (Wildman–Crippen LogP) is 1.84. The summed E-state index contributed by atoms with van der Waals surface area (Å²) >= 11 is 0. The molecule has 0 unspecified atom stereocenters. The van der Waals surface area contributed by atoms with E-state index in [0.29, 0.717) is 52.6 Å². The molecule has 2 N–H and O–H groups in total. The van der Waals surface area contributed by atoms with Crippen LogP contribution < -0.4 is 10.6 Å². The quantitative estimate of drug-likeness (QED) is 0.237. The van der Waals surface area contributed by atoms with Crippen molar-refractivity contribution in [3.63, 3.8) is 0 Å². The minimum absolute atomic E-state index is 0.107. The van der Waals surface area contributed by atoms with Crippen LogP contribution in [0.25, 0.3) is 0 Å². The molecule has 18 heteroatoms. The molecule has 0 aromatic carbocycles. The number of hydrogen-bond donors (Lipinski definition) is 2. The number of morpholine rings is 2. The molecule has 0 bridgehead atoms. The van der Waals surface area contributed by atoms with Crippen molar-refractivity contribution in [2.75, 3.05) is 78.8 Å². The molecule has 0 aliphatic carbocycles. The van der Waals surface area contributed by atoms with Gasteiger partial charge in [0, 0.05) is 39.3 Å². The van der Waals surface area contributed by atoms with Gasteiger partial charge in [-0.25, -0.2) is 0 Å². The summed E-state index contributed by atoms with van der Waals surface area (Å²) in [7, 11) is 0.